The molecule has 15 heavy (non-hydrogen) atoms. The number of anilines is 1. The Morgan fingerprint density at radius 2 is 2.20 bits per heavy atom. The molecule has 2 nitrogen and oxygen atoms in total. The highest BCUT2D eigenvalue weighted by Crippen LogP contribution is 2.27. The fourth-order valence-corrected chi connectivity index (χ4v) is 2.16. The van der Waals surface area contributed by atoms with Crippen molar-refractivity contribution in [2.24, 2.45) is 7.05 Å². The second-order valence-electron chi connectivity index (χ2n) is 3.87. The molecule has 74 valence electrons. The van der Waals surface area contributed by atoms with E-state index < -0.39 is 0 Å². The normalized spacial score (nSPS) is 13.7. The van der Waals surface area contributed by atoms with Gasteiger partial charge in [0.1, 0.15) is 12.7 Å². The first kappa shape index (κ1) is 8.48. The van der Waals surface area contributed by atoms with Gasteiger partial charge in [0.05, 0.1) is 0 Å². The molecular weight excluding hydrogens is 184 g/mol. The van der Waals surface area contributed by atoms with Gasteiger partial charge in [0.25, 0.3) is 0 Å². The molecule has 0 aliphatic carbocycles. The van der Waals surface area contributed by atoms with Gasteiger partial charge in [-0.05, 0) is 12.1 Å². The maximum absolute atomic E-state index is 3.44. The van der Waals surface area contributed by atoms with Crippen LogP contribution in [0.4, 0.5) is 5.69 Å². The molecule has 0 bridgehead atoms. The summed E-state index contributed by atoms with van der Waals surface area (Å²) in [6.45, 7) is 0.918. The summed E-state index contributed by atoms with van der Waals surface area (Å²) in [5.74, 6) is 0. The molecule has 0 unspecified atom stereocenters. The number of fused-ring (bicyclic) bond motifs is 3. The van der Waals surface area contributed by atoms with Gasteiger partial charge in [-0.25, -0.2) is 0 Å². The van der Waals surface area contributed by atoms with Crippen LogP contribution in [0.25, 0.3) is 17.0 Å². The predicted octanol–water partition coefficient (Wildman–Crippen LogP) is 2.10. The van der Waals surface area contributed by atoms with Crippen molar-refractivity contribution in [3.8, 4) is 0 Å². The minimum atomic E-state index is 0.918. The monoisotopic (exact) mass is 197 g/mol. The van der Waals surface area contributed by atoms with Gasteiger partial charge < -0.3 is 5.32 Å². The highest BCUT2D eigenvalue weighted by atomic mass is 15.0. The number of aryl methyl sites for hydroxylation is 1. The van der Waals surface area contributed by atoms with E-state index in [0.717, 1.165) is 6.54 Å². The van der Waals surface area contributed by atoms with E-state index in [4.69, 9.17) is 0 Å². The highest BCUT2D eigenvalue weighted by molar-refractivity contribution is 5.93. The largest absolute Gasteiger partial charge is 0.376 e. The molecule has 0 amide bonds. The van der Waals surface area contributed by atoms with Crippen LogP contribution >= 0.6 is 0 Å². The van der Waals surface area contributed by atoms with E-state index in [0.29, 0.717) is 0 Å². The van der Waals surface area contributed by atoms with Gasteiger partial charge in [-0.15, -0.1) is 0 Å². The van der Waals surface area contributed by atoms with E-state index in [1.54, 1.807) is 0 Å². The van der Waals surface area contributed by atoms with Crippen molar-refractivity contribution >= 4 is 22.7 Å². The zero-order valence-corrected chi connectivity index (χ0v) is 8.70. The van der Waals surface area contributed by atoms with Crippen molar-refractivity contribution in [3.05, 3.63) is 42.1 Å². The van der Waals surface area contributed by atoms with Crippen LogP contribution in [-0.4, -0.2) is 6.54 Å². The quantitative estimate of drug-likeness (QED) is 0.639. The molecule has 2 aromatic rings. The molecule has 1 aromatic carbocycles. The van der Waals surface area contributed by atoms with Crippen LogP contribution in [0.3, 0.4) is 0 Å². The van der Waals surface area contributed by atoms with Gasteiger partial charge in [-0.1, -0.05) is 18.2 Å². The predicted molar refractivity (Wildman–Crippen MR) is 62.6 cm³/mol. The number of rotatable bonds is 0. The number of hydrogen-bond donors (Lipinski definition) is 1. The van der Waals surface area contributed by atoms with Gasteiger partial charge in [-0.3, -0.25) is 0 Å². The van der Waals surface area contributed by atoms with Crippen LogP contribution in [-0.2, 0) is 7.05 Å². The van der Waals surface area contributed by atoms with Gasteiger partial charge >= 0.3 is 0 Å². The summed E-state index contributed by atoms with van der Waals surface area (Å²) in [7, 11) is 2.09. The molecule has 0 atom stereocenters. The maximum Gasteiger partial charge on any atom is 0.236 e. The fourth-order valence-electron chi connectivity index (χ4n) is 2.16. The molecule has 0 radical (unpaired) electrons. The van der Waals surface area contributed by atoms with E-state index in [1.165, 1.54) is 22.2 Å². The van der Waals surface area contributed by atoms with Crippen LogP contribution in [0, 0.1) is 0 Å². The third-order valence-electron chi connectivity index (χ3n) is 2.87. The molecule has 1 aliphatic rings. The zero-order chi connectivity index (χ0) is 10.3. The van der Waals surface area contributed by atoms with Gasteiger partial charge in [0, 0.05) is 23.6 Å². The average Bonchev–Trinajstić information content (AvgIpc) is 2.29. The summed E-state index contributed by atoms with van der Waals surface area (Å²) in [6.07, 6.45) is 6.41. The fraction of sp³-hybridized carbons (Fsp3) is 0.154. The Hall–Kier alpha value is -1.83. The summed E-state index contributed by atoms with van der Waals surface area (Å²) in [5.41, 5.74) is 3.80. The van der Waals surface area contributed by atoms with E-state index in [-0.39, 0.29) is 0 Å². The lowest BCUT2D eigenvalue weighted by Crippen LogP contribution is -2.29. The molecule has 0 saturated heterocycles. The lowest BCUT2D eigenvalue weighted by atomic mass is 10.1. The number of aromatic nitrogens is 1. The number of nitrogens with zero attached hydrogens (tertiary/aromatic N) is 1. The molecule has 2 heterocycles. The third kappa shape index (κ3) is 1.22. The SMILES string of the molecule is C[n+]1cccc2ccc3c(c21)NCC=C3. The Bertz CT molecular complexity index is 556. The van der Waals surface area contributed by atoms with Crippen LogP contribution in [0.1, 0.15) is 5.56 Å². The molecule has 1 aliphatic heterocycles. The molecule has 2 heteroatoms. The molecule has 0 saturated carbocycles. The molecule has 3 rings (SSSR count). The van der Waals surface area contributed by atoms with E-state index in [2.05, 4.69) is 59.5 Å². The van der Waals surface area contributed by atoms with E-state index in [1.807, 2.05) is 0 Å². The minimum absolute atomic E-state index is 0.918. The molecule has 1 aromatic heterocycles. The van der Waals surface area contributed by atoms with E-state index >= 15 is 0 Å². The Kier molecular flexibility index (Phi) is 1.75. The van der Waals surface area contributed by atoms with Gasteiger partial charge in [0.2, 0.25) is 5.52 Å². The van der Waals surface area contributed by atoms with Crippen LogP contribution < -0.4 is 9.88 Å². The number of hydrogen-bond acceptors (Lipinski definition) is 1. The summed E-state index contributed by atoms with van der Waals surface area (Å²) in [5, 5.41) is 4.72. The Labute approximate surface area is 88.9 Å². The average molecular weight is 197 g/mol. The first-order chi connectivity index (χ1) is 7.36. The molecule has 0 spiro atoms. The molecule has 0 fully saturated rings. The Morgan fingerprint density at radius 1 is 1.27 bits per heavy atom. The highest BCUT2D eigenvalue weighted by Gasteiger charge is 2.14. The van der Waals surface area contributed by atoms with Gasteiger partial charge in [0.15, 0.2) is 6.20 Å². The first-order valence-electron chi connectivity index (χ1n) is 5.18. The smallest absolute Gasteiger partial charge is 0.236 e. The summed E-state index contributed by atoms with van der Waals surface area (Å²) >= 11 is 0. The third-order valence-corrected chi connectivity index (χ3v) is 2.87. The summed E-state index contributed by atoms with van der Waals surface area (Å²) < 4.78 is 2.17. The Balaban J connectivity index is 2.45. The lowest BCUT2D eigenvalue weighted by molar-refractivity contribution is -0.644. The maximum atomic E-state index is 3.44. The zero-order valence-electron chi connectivity index (χ0n) is 8.70. The van der Waals surface area contributed by atoms with Crippen LogP contribution in [0.2, 0.25) is 0 Å². The van der Waals surface area contributed by atoms with Crippen molar-refractivity contribution in [1.29, 1.82) is 0 Å². The number of nitrogens with one attached hydrogen (secondary N) is 1. The topological polar surface area (TPSA) is 15.9 Å². The van der Waals surface area contributed by atoms with Crippen molar-refractivity contribution in [2.75, 3.05) is 11.9 Å². The van der Waals surface area contributed by atoms with E-state index in [9.17, 15) is 0 Å². The standard InChI is InChI=1S/C13H13N2/c1-15-9-3-5-11-7-6-10-4-2-8-14-12(10)13(11)15/h2-7,9,14H,8H2,1H3/q+1. The van der Waals surface area contributed by atoms with Crippen molar-refractivity contribution in [3.63, 3.8) is 0 Å². The van der Waals surface area contributed by atoms with Crippen LogP contribution in [0.5, 0.6) is 0 Å². The number of benzene rings is 1. The van der Waals surface area contributed by atoms with Crippen molar-refractivity contribution in [2.45, 2.75) is 0 Å². The first-order valence-corrected chi connectivity index (χ1v) is 5.18. The second-order valence-corrected chi connectivity index (χ2v) is 3.87. The molecule has 1 N–H and O–H groups in total. The lowest BCUT2D eigenvalue weighted by Gasteiger charge is -2.13. The van der Waals surface area contributed by atoms with Gasteiger partial charge in [-0.2, -0.15) is 4.57 Å². The van der Waals surface area contributed by atoms with Crippen molar-refractivity contribution < 1.29 is 4.57 Å². The second kappa shape index (κ2) is 3.09. The summed E-state index contributed by atoms with van der Waals surface area (Å²) in [6, 6.07) is 8.56. The van der Waals surface area contributed by atoms with Crippen LogP contribution in [0.15, 0.2) is 36.5 Å². The molecular formula is C13H13N2+. The van der Waals surface area contributed by atoms with Crippen molar-refractivity contribution in [1.82, 2.24) is 0 Å². The number of pyridine rings is 1. The Morgan fingerprint density at radius 3 is 3.13 bits per heavy atom. The minimum Gasteiger partial charge on any atom is -0.376 e. The summed E-state index contributed by atoms with van der Waals surface area (Å²) in [4.78, 5) is 0.